The van der Waals surface area contributed by atoms with E-state index in [2.05, 4.69) is 0 Å². The normalized spacial score (nSPS) is 25.3. The van der Waals surface area contributed by atoms with Crippen molar-refractivity contribution in [2.75, 3.05) is 11.4 Å². The lowest BCUT2D eigenvalue weighted by atomic mass is 9.78. The van der Waals surface area contributed by atoms with E-state index >= 15 is 0 Å². The van der Waals surface area contributed by atoms with Crippen molar-refractivity contribution in [1.29, 1.82) is 0 Å². The molecule has 1 N–H and O–H groups in total. The van der Waals surface area contributed by atoms with Crippen LogP contribution in [0.1, 0.15) is 31.2 Å². The predicted molar refractivity (Wildman–Crippen MR) is 75.6 cm³/mol. The molecule has 0 radical (unpaired) electrons. The number of benzene rings is 1. The van der Waals surface area contributed by atoms with E-state index in [0.29, 0.717) is 19.4 Å². The minimum Gasteiger partial charge on any atom is -0.481 e. The maximum absolute atomic E-state index is 12.7. The van der Waals surface area contributed by atoms with Crippen molar-refractivity contribution >= 4 is 17.6 Å². The van der Waals surface area contributed by atoms with Gasteiger partial charge in [0.2, 0.25) is 5.91 Å². The molecule has 0 saturated heterocycles. The minimum absolute atomic E-state index is 0.00190. The van der Waals surface area contributed by atoms with Crippen LogP contribution in [-0.4, -0.2) is 23.5 Å². The highest BCUT2D eigenvalue weighted by Gasteiger charge is 2.39. The highest BCUT2D eigenvalue weighted by atomic mass is 16.4. The second-order valence-electron chi connectivity index (χ2n) is 5.70. The molecule has 1 saturated carbocycles. The second-order valence-corrected chi connectivity index (χ2v) is 5.70. The summed E-state index contributed by atoms with van der Waals surface area (Å²) in [7, 11) is 0. The van der Waals surface area contributed by atoms with E-state index < -0.39 is 11.9 Å². The number of amides is 1. The number of rotatable bonds is 2. The first-order valence-electron chi connectivity index (χ1n) is 7.30. The van der Waals surface area contributed by atoms with Crippen molar-refractivity contribution in [3.63, 3.8) is 0 Å². The summed E-state index contributed by atoms with van der Waals surface area (Å²) in [6.07, 6.45) is 4.06. The maximum atomic E-state index is 12.7. The lowest BCUT2D eigenvalue weighted by molar-refractivity contribution is -0.148. The molecule has 20 heavy (non-hydrogen) atoms. The van der Waals surface area contributed by atoms with E-state index in [1.54, 1.807) is 4.90 Å². The third-order valence-corrected chi connectivity index (χ3v) is 4.55. The van der Waals surface area contributed by atoms with Crippen LogP contribution >= 0.6 is 0 Å². The second kappa shape index (κ2) is 5.27. The zero-order valence-electron chi connectivity index (χ0n) is 11.4. The summed E-state index contributed by atoms with van der Waals surface area (Å²) >= 11 is 0. The summed E-state index contributed by atoms with van der Waals surface area (Å²) < 4.78 is 0. The van der Waals surface area contributed by atoms with Gasteiger partial charge in [-0.1, -0.05) is 31.0 Å². The molecule has 1 aliphatic carbocycles. The van der Waals surface area contributed by atoms with Gasteiger partial charge in [0.1, 0.15) is 0 Å². The number of hydrogen-bond donors (Lipinski definition) is 1. The Morgan fingerprint density at radius 3 is 2.55 bits per heavy atom. The summed E-state index contributed by atoms with van der Waals surface area (Å²) in [6, 6.07) is 7.91. The Balaban J connectivity index is 1.84. The van der Waals surface area contributed by atoms with E-state index in [1.165, 1.54) is 5.56 Å². The molecule has 2 atom stereocenters. The lowest BCUT2D eigenvalue weighted by Gasteiger charge is -2.31. The molecule has 3 rings (SSSR count). The Labute approximate surface area is 118 Å². The van der Waals surface area contributed by atoms with Gasteiger partial charge < -0.3 is 10.0 Å². The standard InChI is InChI=1S/C16H19NO3/c18-15(12-6-2-3-7-13(12)16(19)20)17-10-9-11-5-1-4-8-14(11)17/h1,4-5,8,12-13H,2-3,6-7,9-10H2,(H,19,20)/t12-,13-/m1/s1. The van der Waals surface area contributed by atoms with Crippen molar-refractivity contribution in [3.05, 3.63) is 29.8 Å². The molecule has 0 unspecified atom stereocenters. The molecular weight excluding hydrogens is 254 g/mol. The van der Waals surface area contributed by atoms with Crippen LogP contribution in [0.2, 0.25) is 0 Å². The summed E-state index contributed by atoms with van der Waals surface area (Å²) in [6.45, 7) is 0.682. The Morgan fingerprint density at radius 1 is 1.10 bits per heavy atom. The molecule has 1 fully saturated rings. The Morgan fingerprint density at radius 2 is 1.80 bits per heavy atom. The molecule has 1 aromatic carbocycles. The Bertz CT molecular complexity index is 540. The SMILES string of the molecule is O=C(O)[C@@H]1CCCC[C@H]1C(=O)N1CCc2ccccc21. The number of carbonyl (C=O) groups is 2. The van der Waals surface area contributed by atoms with Gasteiger partial charge >= 0.3 is 5.97 Å². The van der Waals surface area contributed by atoms with Crippen LogP contribution < -0.4 is 4.90 Å². The van der Waals surface area contributed by atoms with Crippen molar-refractivity contribution in [3.8, 4) is 0 Å². The first-order chi connectivity index (χ1) is 9.68. The number of carboxylic acids is 1. The van der Waals surface area contributed by atoms with Crippen molar-refractivity contribution < 1.29 is 14.7 Å². The van der Waals surface area contributed by atoms with Crippen molar-refractivity contribution in [2.45, 2.75) is 32.1 Å². The smallest absolute Gasteiger partial charge is 0.307 e. The highest BCUT2D eigenvalue weighted by molar-refractivity contribution is 5.99. The van der Waals surface area contributed by atoms with Gasteiger partial charge in [-0.15, -0.1) is 0 Å². The molecule has 106 valence electrons. The van der Waals surface area contributed by atoms with Crippen LogP contribution in [0.4, 0.5) is 5.69 Å². The van der Waals surface area contributed by atoms with Gasteiger partial charge in [-0.3, -0.25) is 9.59 Å². The Kier molecular flexibility index (Phi) is 3.47. The maximum Gasteiger partial charge on any atom is 0.307 e. The van der Waals surface area contributed by atoms with Gasteiger partial charge in [0, 0.05) is 12.2 Å². The van der Waals surface area contributed by atoms with E-state index in [0.717, 1.165) is 24.9 Å². The molecule has 4 nitrogen and oxygen atoms in total. The van der Waals surface area contributed by atoms with E-state index in [4.69, 9.17) is 0 Å². The molecule has 4 heteroatoms. The fourth-order valence-corrected chi connectivity index (χ4v) is 3.49. The number of carboxylic acid groups (broad SMARTS) is 1. The van der Waals surface area contributed by atoms with Crippen LogP contribution in [0.25, 0.3) is 0 Å². The number of hydrogen-bond acceptors (Lipinski definition) is 2. The third-order valence-electron chi connectivity index (χ3n) is 4.55. The molecule has 2 aliphatic rings. The molecule has 0 bridgehead atoms. The van der Waals surface area contributed by atoms with E-state index in [-0.39, 0.29) is 11.8 Å². The van der Waals surface area contributed by atoms with Crippen LogP contribution in [0.15, 0.2) is 24.3 Å². The van der Waals surface area contributed by atoms with E-state index in [1.807, 2.05) is 24.3 Å². The van der Waals surface area contributed by atoms with Crippen LogP contribution in [0.5, 0.6) is 0 Å². The fraction of sp³-hybridized carbons (Fsp3) is 0.500. The summed E-state index contributed by atoms with van der Waals surface area (Å²) in [5, 5.41) is 9.32. The molecule has 0 spiro atoms. The van der Waals surface area contributed by atoms with Gasteiger partial charge in [0.05, 0.1) is 11.8 Å². The van der Waals surface area contributed by atoms with Crippen molar-refractivity contribution in [1.82, 2.24) is 0 Å². The molecule has 0 aromatic heterocycles. The van der Waals surface area contributed by atoms with E-state index in [9.17, 15) is 14.7 Å². The molecular formula is C16H19NO3. The number of nitrogens with zero attached hydrogens (tertiary/aromatic N) is 1. The molecule has 1 heterocycles. The van der Waals surface area contributed by atoms with Crippen LogP contribution in [-0.2, 0) is 16.0 Å². The third kappa shape index (κ3) is 2.19. The summed E-state index contributed by atoms with van der Waals surface area (Å²) in [4.78, 5) is 25.9. The zero-order valence-corrected chi connectivity index (χ0v) is 11.4. The van der Waals surface area contributed by atoms with Gasteiger partial charge in [0.15, 0.2) is 0 Å². The molecule has 1 amide bonds. The summed E-state index contributed by atoms with van der Waals surface area (Å²) in [5.74, 6) is -1.69. The average Bonchev–Trinajstić information content (AvgIpc) is 2.90. The molecule has 1 aromatic rings. The highest BCUT2D eigenvalue weighted by Crippen LogP contribution is 2.35. The van der Waals surface area contributed by atoms with Crippen LogP contribution in [0, 0.1) is 11.8 Å². The quantitative estimate of drug-likeness (QED) is 0.900. The summed E-state index contributed by atoms with van der Waals surface area (Å²) in [5.41, 5.74) is 2.15. The zero-order chi connectivity index (χ0) is 14.1. The predicted octanol–water partition coefficient (Wildman–Crippen LogP) is 2.47. The fourth-order valence-electron chi connectivity index (χ4n) is 3.49. The molecule has 1 aliphatic heterocycles. The number of carbonyl (C=O) groups excluding carboxylic acids is 1. The van der Waals surface area contributed by atoms with Crippen molar-refractivity contribution in [2.24, 2.45) is 11.8 Å². The number of para-hydroxylation sites is 1. The van der Waals surface area contributed by atoms with Gasteiger partial charge in [-0.05, 0) is 30.9 Å². The number of aliphatic carboxylic acids is 1. The topological polar surface area (TPSA) is 57.6 Å². The van der Waals surface area contributed by atoms with Gasteiger partial charge in [-0.2, -0.15) is 0 Å². The first-order valence-corrected chi connectivity index (χ1v) is 7.30. The largest absolute Gasteiger partial charge is 0.481 e. The number of fused-ring (bicyclic) bond motifs is 1. The Hall–Kier alpha value is -1.84. The minimum atomic E-state index is -0.824. The average molecular weight is 273 g/mol. The number of anilines is 1. The monoisotopic (exact) mass is 273 g/mol. The van der Waals surface area contributed by atoms with Gasteiger partial charge in [-0.25, -0.2) is 0 Å². The van der Waals surface area contributed by atoms with Gasteiger partial charge in [0.25, 0.3) is 0 Å². The first kappa shape index (κ1) is 13.2. The van der Waals surface area contributed by atoms with Crippen LogP contribution in [0.3, 0.4) is 0 Å². The lowest BCUT2D eigenvalue weighted by Crippen LogP contribution is -2.42.